The van der Waals surface area contributed by atoms with Crippen LogP contribution in [0.2, 0.25) is 5.02 Å². The summed E-state index contributed by atoms with van der Waals surface area (Å²) >= 11 is 5.82. The number of piperidine rings is 1. The highest BCUT2D eigenvalue weighted by Crippen LogP contribution is 2.47. The topological polar surface area (TPSA) is 139 Å². The van der Waals surface area contributed by atoms with Crippen LogP contribution in [0.1, 0.15) is 58.9 Å². The van der Waals surface area contributed by atoms with E-state index in [-0.39, 0.29) is 28.9 Å². The molecule has 0 radical (unpaired) electrons. The standard InChI is InChI=1S/C28H24ClF3N8O3/c1-12-26(39-9-14-5-17(14)28(39)43)34-7-19(36-12)13(2)40-10-15(6-35-40)37-27(42)24-21(11-41)33-8-20(38-24)22-16(25(31)32)3-4-18(29)23(22)30/h3-4,6-8,10,13-14,17,25,41H,5,9,11H2,1-2H3,(H,37,42)/t13-,14+,17+/m0/s1. The van der Waals surface area contributed by atoms with E-state index < -0.39 is 52.6 Å². The Morgan fingerprint density at radius 3 is 2.67 bits per heavy atom. The second-order valence-electron chi connectivity index (χ2n) is 10.4. The van der Waals surface area contributed by atoms with E-state index in [0.29, 0.717) is 29.7 Å². The fraction of sp³-hybridized carbons (Fsp3) is 0.321. The SMILES string of the molecule is Cc1nc([C@H](C)n2cc(NC(=O)c3nc(-c4c(C(F)F)ccc(Cl)c4F)cnc3CO)cn2)cnc1N1C[C@H]2C[C@H]2C1=O. The molecule has 2 amide bonds. The van der Waals surface area contributed by atoms with Gasteiger partial charge in [-0.1, -0.05) is 17.7 Å². The molecule has 1 aromatic carbocycles. The molecule has 1 saturated carbocycles. The van der Waals surface area contributed by atoms with Crippen LogP contribution in [-0.4, -0.2) is 53.2 Å². The highest BCUT2D eigenvalue weighted by Gasteiger charge is 2.53. The van der Waals surface area contributed by atoms with Gasteiger partial charge >= 0.3 is 0 Å². The third kappa shape index (κ3) is 5.20. The minimum Gasteiger partial charge on any atom is -0.390 e. The van der Waals surface area contributed by atoms with Crippen molar-refractivity contribution in [3.63, 3.8) is 0 Å². The van der Waals surface area contributed by atoms with Crippen molar-refractivity contribution in [2.24, 2.45) is 11.8 Å². The Kier molecular flexibility index (Phi) is 7.34. The molecular weight excluding hydrogens is 589 g/mol. The smallest absolute Gasteiger partial charge is 0.276 e. The van der Waals surface area contributed by atoms with E-state index in [2.05, 4.69) is 30.4 Å². The van der Waals surface area contributed by atoms with Crippen molar-refractivity contribution in [2.45, 2.75) is 39.3 Å². The summed E-state index contributed by atoms with van der Waals surface area (Å²) in [5, 5.41) is 16.2. The number of carbonyl (C=O) groups excluding carboxylic acids is 2. The highest BCUT2D eigenvalue weighted by molar-refractivity contribution is 6.31. The number of aromatic nitrogens is 6. The number of nitrogens with one attached hydrogen (secondary N) is 1. The maximum absolute atomic E-state index is 14.8. The molecule has 15 heteroatoms. The molecule has 0 spiro atoms. The average molecular weight is 613 g/mol. The molecule has 3 aromatic heterocycles. The van der Waals surface area contributed by atoms with Gasteiger partial charge in [-0.05, 0) is 32.3 Å². The number of hydrogen-bond acceptors (Lipinski definition) is 8. The molecule has 1 aliphatic heterocycles. The zero-order chi connectivity index (χ0) is 30.6. The number of halogens is 4. The molecule has 3 atom stereocenters. The summed E-state index contributed by atoms with van der Waals surface area (Å²) < 4.78 is 43.6. The van der Waals surface area contributed by atoms with Gasteiger partial charge in [0.1, 0.15) is 0 Å². The molecule has 4 heterocycles. The van der Waals surface area contributed by atoms with Crippen molar-refractivity contribution in [3.05, 3.63) is 76.1 Å². The van der Waals surface area contributed by atoms with Crippen molar-refractivity contribution in [3.8, 4) is 11.3 Å². The first-order chi connectivity index (χ1) is 20.6. The van der Waals surface area contributed by atoms with Crippen molar-refractivity contribution < 1.29 is 27.9 Å². The van der Waals surface area contributed by atoms with Crippen LogP contribution in [0, 0.1) is 24.6 Å². The van der Waals surface area contributed by atoms with Crippen molar-refractivity contribution in [2.75, 3.05) is 16.8 Å². The third-order valence-corrected chi connectivity index (χ3v) is 7.93. The fourth-order valence-electron chi connectivity index (χ4n) is 5.21. The molecular formula is C28H24ClF3N8O3. The van der Waals surface area contributed by atoms with E-state index in [4.69, 9.17) is 11.6 Å². The van der Waals surface area contributed by atoms with Crippen LogP contribution < -0.4 is 10.2 Å². The van der Waals surface area contributed by atoms with E-state index >= 15 is 0 Å². The first kappa shape index (κ1) is 28.7. The molecule has 43 heavy (non-hydrogen) atoms. The Hall–Kier alpha value is -4.43. The van der Waals surface area contributed by atoms with Gasteiger partial charge in [0.2, 0.25) is 5.91 Å². The minimum atomic E-state index is -3.05. The average Bonchev–Trinajstić information content (AvgIpc) is 3.49. The number of hydrogen-bond donors (Lipinski definition) is 2. The molecule has 11 nitrogen and oxygen atoms in total. The van der Waals surface area contributed by atoms with Gasteiger partial charge in [0.15, 0.2) is 17.3 Å². The van der Waals surface area contributed by atoms with Crippen LogP contribution in [0.5, 0.6) is 0 Å². The number of carbonyl (C=O) groups is 2. The monoisotopic (exact) mass is 612 g/mol. The lowest BCUT2D eigenvalue weighted by molar-refractivity contribution is -0.118. The maximum Gasteiger partial charge on any atom is 0.276 e. The molecule has 1 aliphatic carbocycles. The first-order valence-electron chi connectivity index (χ1n) is 13.3. The highest BCUT2D eigenvalue weighted by atomic mass is 35.5. The van der Waals surface area contributed by atoms with Crippen molar-refractivity contribution in [1.82, 2.24) is 29.7 Å². The normalized spacial score (nSPS) is 18.2. The number of alkyl halides is 2. The van der Waals surface area contributed by atoms with E-state index in [0.717, 1.165) is 24.8 Å². The molecule has 2 N–H and O–H groups in total. The Morgan fingerprint density at radius 1 is 1.21 bits per heavy atom. The summed E-state index contributed by atoms with van der Waals surface area (Å²) in [6.45, 7) is 3.59. The Bertz CT molecular complexity index is 1770. The quantitative estimate of drug-likeness (QED) is 0.296. The molecule has 2 aliphatic rings. The number of nitrogens with zero attached hydrogens (tertiary/aromatic N) is 7. The Labute approximate surface area is 247 Å². The van der Waals surface area contributed by atoms with Gasteiger partial charge in [0, 0.05) is 29.8 Å². The van der Waals surface area contributed by atoms with Gasteiger partial charge < -0.3 is 10.4 Å². The van der Waals surface area contributed by atoms with Crippen LogP contribution >= 0.6 is 11.6 Å². The van der Waals surface area contributed by atoms with Gasteiger partial charge in [0.05, 0.1) is 64.7 Å². The van der Waals surface area contributed by atoms with Crippen molar-refractivity contribution in [1.29, 1.82) is 0 Å². The first-order valence-corrected chi connectivity index (χ1v) is 13.7. The molecule has 4 aromatic rings. The van der Waals surface area contributed by atoms with Crippen LogP contribution in [0.4, 0.5) is 24.7 Å². The minimum absolute atomic E-state index is 0.0856. The molecule has 0 unspecified atom stereocenters. The summed E-state index contributed by atoms with van der Waals surface area (Å²) in [6.07, 6.45) is 3.37. The number of benzene rings is 1. The third-order valence-electron chi connectivity index (χ3n) is 7.63. The lowest BCUT2D eigenvalue weighted by Crippen LogP contribution is -2.30. The zero-order valence-corrected chi connectivity index (χ0v) is 23.6. The lowest BCUT2D eigenvalue weighted by Gasteiger charge is -2.20. The van der Waals surface area contributed by atoms with Crippen LogP contribution in [0.15, 0.2) is 36.9 Å². The van der Waals surface area contributed by atoms with E-state index in [1.54, 1.807) is 22.7 Å². The number of aliphatic hydroxyl groups excluding tert-OH is 1. The summed E-state index contributed by atoms with van der Waals surface area (Å²) in [7, 11) is 0. The van der Waals surface area contributed by atoms with Gasteiger partial charge in [0.25, 0.3) is 12.3 Å². The van der Waals surface area contributed by atoms with Crippen LogP contribution in [-0.2, 0) is 11.4 Å². The Balaban J connectivity index is 1.22. The predicted molar refractivity (Wildman–Crippen MR) is 148 cm³/mol. The van der Waals surface area contributed by atoms with Crippen molar-refractivity contribution >= 4 is 34.9 Å². The molecule has 6 rings (SSSR count). The Morgan fingerprint density at radius 2 is 2.00 bits per heavy atom. The van der Waals surface area contributed by atoms with E-state index in [1.165, 1.54) is 12.4 Å². The second kappa shape index (κ2) is 11.0. The van der Waals surface area contributed by atoms with E-state index in [1.807, 2.05) is 6.92 Å². The van der Waals surface area contributed by atoms with Gasteiger partial charge in [-0.2, -0.15) is 5.10 Å². The summed E-state index contributed by atoms with van der Waals surface area (Å²) in [5.41, 5.74) is -0.730. The summed E-state index contributed by atoms with van der Waals surface area (Å²) in [6, 6.07) is 1.57. The lowest BCUT2D eigenvalue weighted by atomic mass is 10.0. The summed E-state index contributed by atoms with van der Waals surface area (Å²) in [4.78, 5) is 44.5. The predicted octanol–water partition coefficient (Wildman–Crippen LogP) is 4.51. The number of aliphatic hydroxyl groups is 1. The molecule has 222 valence electrons. The maximum atomic E-state index is 14.8. The zero-order valence-electron chi connectivity index (χ0n) is 22.8. The van der Waals surface area contributed by atoms with E-state index in [9.17, 15) is 27.9 Å². The van der Waals surface area contributed by atoms with Crippen LogP contribution in [0.25, 0.3) is 11.3 Å². The number of rotatable bonds is 8. The van der Waals surface area contributed by atoms with Crippen LogP contribution in [0.3, 0.4) is 0 Å². The number of fused-ring (bicyclic) bond motifs is 1. The number of aryl methyl sites for hydroxylation is 1. The molecule has 0 bridgehead atoms. The fourth-order valence-corrected chi connectivity index (χ4v) is 5.36. The second-order valence-corrected chi connectivity index (χ2v) is 10.8. The molecule has 2 fully saturated rings. The largest absolute Gasteiger partial charge is 0.390 e. The van der Waals surface area contributed by atoms with Gasteiger partial charge in [-0.3, -0.25) is 29.1 Å². The number of anilines is 2. The number of amides is 2. The molecule has 1 saturated heterocycles. The van der Waals surface area contributed by atoms with Gasteiger partial charge in [-0.15, -0.1) is 0 Å². The van der Waals surface area contributed by atoms with Gasteiger partial charge in [-0.25, -0.2) is 23.1 Å². The summed E-state index contributed by atoms with van der Waals surface area (Å²) in [5.74, 6) is -0.833.